The van der Waals surface area contributed by atoms with Gasteiger partial charge < -0.3 is 29.6 Å². The van der Waals surface area contributed by atoms with E-state index in [9.17, 15) is 44.5 Å². The quantitative estimate of drug-likeness (QED) is 0.0843. The number of alkyl carbamates (subject to hydrolysis) is 2. The third kappa shape index (κ3) is 9.86. The maximum absolute atomic E-state index is 13.7. The van der Waals surface area contributed by atoms with Crippen molar-refractivity contribution in [3.63, 3.8) is 0 Å². The fraction of sp³-hybridized carbons (Fsp3) is 0.455. The Morgan fingerprint density at radius 1 is 0.906 bits per heavy atom. The molecule has 20 heteroatoms. The van der Waals surface area contributed by atoms with Crippen LogP contribution >= 0.6 is 23.5 Å². The van der Waals surface area contributed by atoms with Gasteiger partial charge in [-0.3, -0.25) is 29.9 Å². The van der Waals surface area contributed by atoms with Crippen LogP contribution in [0.1, 0.15) is 38.8 Å². The predicted octanol–water partition coefficient (Wildman–Crippen LogP) is 5.35. The number of carboxylic acids is 1. The first-order valence-corrected chi connectivity index (χ1v) is 21.0. The zero-order chi connectivity index (χ0) is 39.2. The van der Waals surface area contributed by atoms with Gasteiger partial charge in [0.05, 0.1) is 25.6 Å². The number of aliphatic carboxylic acids is 1. The average Bonchev–Trinajstić information content (AvgIpc) is 3.40. The highest BCUT2D eigenvalue weighted by Gasteiger charge is 2.65. The minimum Gasteiger partial charge on any atom is -0.477 e. The molecule has 3 N–H and O–H groups in total. The zero-order valence-electron chi connectivity index (χ0n) is 29.9. The van der Waals surface area contributed by atoms with Crippen molar-refractivity contribution in [1.82, 2.24) is 15.5 Å². The first-order valence-electron chi connectivity index (χ1n) is 16.4. The summed E-state index contributed by atoms with van der Waals surface area (Å²) in [6.45, 7) is 11.2. The Balaban J connectivity index is 1.47. The SMILES string of the molecule is C[SiH](C)OC(C)([C@H]1C(=O)N2C(C(=O)O)=C(SC(CNC(=O)OCc3ccc([N+](=O)[O-])cc3)CNC(=O)OCc3ccc([N+](=O)[O-])cc3)S[C@H]12)C(C)(C)C. The van der Waals surface area contributed by atoms with E-state index in [1.807, 2.05) is 40.8 Å². The molecule has 3 atom stereocenters. The van der Waals surface area contributed by atoms with Gasteiger partial charge in [0.2, 0.25) is 5.91 Å². The summed E-state index contributed by atoms with van der Waals surface area (Å²) in [6, 6.07) is 10.9. The number of hydrogen-bond donors (Lipinski definition) is 3. The molecule has 0 aliphatic carbocycles. The molecule has 17 nitrogen and oxygen atoms in total. The molecule has 286 valence electrons. The van der Waals surface area contributed by atoms with E-state index in [1.54, 1.807) is 0 Å². The van der Waals surface area contributed by atoms with Crippen LogP contribution in [-0.2, 0) is 36.7 Å². The molecule has 0 aromatic heterocycles. The number of amides is 3. The number of hydrogen-bond acceptors (Lipinski definition) is 13. The topological polar surface area (TPSA) is 230 Å². The summed E-state index contributed by atoms with van der Waals surface area (Å²) in [5.74, 6) is -2.30. The van der Waals surface area contributed by atoms with E-state index in [-0.39, 0.29) is 49.3 Å². The maximum Gasteiger partial charge on any atom is 0.407 e. The molecule has 1 unspecified atom stereocenters. The fourth-order valence-corrected chi connectivity index (χ4v) is 10.3. The lowest BCUT2D eigenvalue weighted by Crippen LogP contribution is -2.69. The highest BCUT2D eigenvalue weighted by molar-refractivity contribution is 8.23. The molecule has 2 aliphatic rings. The van der Waals surface area contributed by atoms with Crippen molar-refractivity contribution in [3.05, 3.63) is 89.8 Å². The van der Waals surface area contributed by atoms with E-state index in [2.05, 4.69) is 10.6 Å². The van der Waals surface area contributed by atoms with Gasteiger partial charge in [-0.2, -0.15) is 0 Å². The van der Waals surface area contributed by atoms with E-state index in [0.717, 1.165) is 11.8 Å². The molecule has 0 saturated carbocycles. The minimum atomic E-state index is -1.65. The van der Waals surface area contributed by atoms with Crippen LogP contribution in [0.5, 0.6) is 0 Å². The molecule has 3 amide bonds. The Labute approximate surface area is 315 Å². The number of benzene rings is 2. The molecule has 1 saturated heterocycles. The zero-order valence-corrected chi connectivity index (χ0v) is 32.6. The van der Waals surface area contributed by atoms with Gasteiger partial charge in [-0.05, 0) is 60.8 Å². The number of ether oxygens (including phenoxy) is 2. The highest BCUT2D eigenvalue weighted by atomic mass is 32.2. The number of carbonyl (C=O) groups excluding carboxylic acids is 3. The molecule has 2 aromatic rings. The van der Waals surface area contributed by atoms with Crippen LogP contribution in [0.25, 0.3) is 0 Å². The number of rotatable bonds is 16. The van der Waals surface area contributed by atoms with Crippen LogP contribution in [-0.4, -0.2) is 82.3 Å². The Kier molecular flexibility index (Phi) is 13.2. The Morgan fingerprint density at radius 3 is 1.74 bits per heavy atom. The first kappa shape index (κ1) is 41.1. The normalized spacial score (nSPS) is 17.9. The number of fused-ring (bicyclic) bond motifs is 1. The van der Waals surface area contributed by atoms with Crippen molar-refractivity contribution in [2.45, 2.75) is 70.2 Å². The standard InChI is InChI=1S/C33H41N5O12S2Si/c1-32(2,3)33(4,50-53(5)6)24-26(39)36-25(28(40)41)29(52-27(24)36)51-23(15-34-30(42)48-17-19-7-11-21(12-8-19)37(44)45)16-35-31(43)49-18-20-9-13-22(14-10-20)38(46)47/h7-14,23-24,27,53H,15-18H2,1-6H3,(H,34,42)(H,35,43)(H,40,41)/t24-,27+,33?/m0/s1. The number of nitrogens with zero attached hydrogens (tertiary/aromatic N) is 3. The monoisotopic (exact) mass is 791 g/mol. The lowest BCUT2D eigenvalue weighted by atomic mass is 9.66. The number of non-ortho nitro benzene ring substituents is 2. The van der Waals surface area contributed by atoms with Crippen LogP contribution in [0.2, 0.25) is 13.1 Å². The van der Waals surface area contributed by atoms with Gasteiger partial charge in [0.1, 0.15) is 18.6 Å². The summed E-state index contributed by atoms with van der Waals surface area (Å²) < 4.78 is 17.3. The van der Waals surface area contributed by atoms with E-state index in [0.29, 0.717) is 15.4 Å². The largest absolute Gasteiger partial charge is 0.477 e. The summed E-state index contributed by atoms with van der Waals surface area (Å²) in [6.07, 6.45) is -1.67. The van der Waals surface area contributed by atoms with Crippen LogP contribution in [0.3, 0.4) is 0 Å². The lowest BCUT2D eigenvalue weighted by Gasteiger charge is -2.56. The third-order valence-corrected chi connectivity index (χ3v) is 12.5. The summed E-state index contributed by atoms with van der Waals surface area (Å²) in [5.41, 5.74) is -0.775. The van der Waals surface area contributed by atoms with E-state index in [1.165, 1.54) is 65.2 Å². The summed E-state index contributed by atoms with van der Waals surface area (Å²) in [4.78, 5) is 73.7. The maximum atomic E-state index is 13.7. The van der Waals surface area contributed by atoms with Gasteiger partial charge in [-0.1, -0.05) is 32.5 Å². The lowest BCUT2D eigenvalue weighted by molar-refractivity contribution is -0.385. The minimum absolute atomic E-state index is 0.118. The second-order valence-corrected chi connectivity index (χ2v) is 18.7. The summed E-state index contributed by atoms with van der Waals surface area (Å²) >= 11 is 2.28. The van der Waals surface area contributed by atoms with Crippen molar-refractivity contribution in [2.24, 2.45) is 11.3 Å². The molecule has 0 radical (unpaired) electrons. The van der Waals surface area contributed by atoms with Gasteiger partial charge in [-0.15, -0.1) is 11.8 Å². The summed E-state index contributed by atoms with van der Waals surface area (Å²) in [5, 5.41) is 36.1. The van der Waals surface area contributed by atoms with Crippen molar-refractivity contribution in [1.29, 1.82) is 0 Å². The van der Waals surface area contributed by atoms with Crippen LogP contribution < -0.4 is 10.6 Å². The predicted molar refractivity (Wildman–Crippen MR) is 198 cm³/mol. The number of β-lactam (4-membered cyclic amide) rings is 1. The molecule has 4 rings (SSSR count). The number of thioether (sulfide) groups is 2. The van der Waals surface area contributed by atoms with Gasteiger partial charge >= 0.3 is 18.2 Å². The van der Waals surface area contributed by atoms with Gasteiger partial charge in [0.15, 0.2) is 14.7 Å². The summed E-state index contributed by atoms with van der Waals surface area (Å²) in [7, 11) is -1.65. The van der Waals surface area contributed by atoms with Crippen molar-refractivity contribution >= 4 is 68.0 Å². The van der Waals surface area contributed by atoms with Crippen LogP contribution in [0.15, 0.2) is 58.5 Å². The third-order valence-electron chi connectivity index (χ3n) is 8.73. The van der Waals surface area contributed by atoms with E-state index < -0.39 is 64.6 Å². The Bertz CT molecular complexity index is 1690. The van der Waals surface area contributed by atoms with Crippen LogP contribution in [0, 0.1) is 31.6 Å². The molecule has 2 aliphatic heterocycles. The van der Waals surface area contributed by atoms with E-state index in [4.69, 9.17) is 13.9 Å². The highest BCUT2D eigenvalue weighted by Crippen LogP contribution is 2.59. The van der Waals surface area contributed by atoms with Crippen molar-refractivity contribution < 1.29 is 48.0 Å². The van der Waals surface area contributed by atoms with Crippen molar-refractivity contribution in [2.75, 3.05) is 13.1 Å². The first-order chi connectivity index (χ1) is 24.8. The fourth-order valence-electron chi connectivity index (χ4n) is 5.60. The molecular weight excluding hydrogens is 751 g/mol. The molecule has 2 aromatic carbocycles. The van der Waals surface area contributed by atoms with Crippen LogP contribution in [0.4, 0.5) is 21.0 Å². The van der Waals surface area contributed by atoms with Gasteiger partial charge in [0.25, 0.3) is 11.4 Å². The molecule has 2 heterocycles. The second-order valence-electron chi connectivity index (χ2n) is 13.7. The van der Waals surface area contributed by atoms with Gasteiger partial charge in [0, 0.05) is 42.6 Å². The molecule has 0 bridgehead atoms. The Hall–Kier alpha value is -4.66. The molecule has 53 heavy (non-hydrogen) atoms. The molecule has 0 spiro atoms. The average molecular weight is 792 g/mol. The number of carbonyl (C=O) groups is 4. The van der Waals surface area contributed by atoms with E-state index >= 15 is 0 Å². The number of nitro groups is 2. The number of carboxylic acid groups (broad SMARTS) is 1. The smallest absolute Gasteiger partial charge is 0.407 e. The number of nitrogens with one attached hydrogen (secondary N) is 2. The second kappa shape index (κ2) is 17.0. The van der Waals surface area contributed by atoms with Gasteiger partial charge in [-0.25, -0.2) is 14.4 Å². The number of nitro benzene ring substituents is 2. The Morgan fingerprint density at radius 2 is 1.36 bits per heavy atom. The molecular formula is C33H41N5O12S2Si. The molecule has 1 fully saturated rings. The van der Waals surface area contributed by atoms with Crippen molar-refractivity contribution in [3.8, 4) is 0 Å².